The first-order valence-corrected chi connectivity index (χ1v) is 6.53. The highest BCUT2D eigenvalue weighted by Crippen LogP contribution is 2.30. The van der Waals surface area contributed by atoms with Gasteiger partial charge in [0.1, 0.15) is 0 Å². The van der Waals surface area contributed by atoms with Crippen molar-refractivity contribution in [3.63, 3.8) is 0 Å². The predicted octanol–water partition coefficient (Wildman–Crippen LogP) is 3.58. The van der Waals surface area contributed by atoms with Gasteiger partial charge in [-0.25, -0.2) is 0 Å². The van der Waals surface area contributed by atoms with Crippen molar-refractivity contribution in [2.45, 2.75) is 71.9 Å². The summed E-state index contributed by atoms with van der Waals surface area (Å²) >= 11 is 0. The van der Waals surface area contributed by atoms with Crippen LogP contribution in [0.15, 0.2) is 0 Å². The van der Waals surface area contributed by atoms with Crippen molar-refractivity contribution in [3.8, 4) is 0 Å². The van der Waals surface area contributed by atoms with Crippen LogP contribution < -0.4 is 0 Å². The molecule has 1 fully saturated rings. The molecule has 0 saturated heterocycles. The molecular weight excluding hydrogens is 170 g/mol. The summed E-state index contributed by atoms with van der Waals surface area (Å²) in [4.78, 5) is 0. The zero-order valence-electron chi connectivity index (χ0n) is 10.6. The maximum atomic E-state index is 2.40. The minimum atomic E-state index is 0.799. The molecule has 0 heterocycles. The molecule has 1 nitrogen and oxygen atoms in total. The number of hydrogen-bond acceptors (Lipinski definition) is 0. The third-order valence-corrected chi connectivity index (χ3v) is 4.51. The third kappa shape index (κ3) is 2.13. The lowest BCUT2D eigenvalue weighted by atomic mass is 9.91. The van der Waals surface area contributed by atoms with E-state index in [4.69, 9.17) is 0 Å². The van der Waals surface area contributed by atoms with E-state index in [0.717, 1.165) is 12.1 Å². The molecule has 1 aliphatic carbocycles. The van der Waals surface area contributed by atoms with Crippen molar-refractivity contribution in [1.29, 1.82) is 0 Å². The van der Waals surface area contributed by atoms with Crippen LogP contribution >= 0.6 is 0 Å². The van der Waals surface area contributed by atoms with Gasteiger partial charge >= 0.3 is 0 Å². The average Bonchev–Trinajstić information content (AvgIpc) is 2.22. The van der Waals surface area contributed by atoms with E-state index in [1.807, 2.05) is 0 Å². The Hall–Kier alpha value is -0.0400. The topological polar surface area (TPSA) is 0 Å². The van der Waals surface area contributed by atoms with E-state index < -0.39 is 0 Å². The molecule has 1 saturated carbocycles. The van der Waals surface area contributed by atoms with Crippen molar-refractivity contribution < 1.29 is 4.48 Å². The summed E-state index contributed by atoms with van der Waals surface area (Å²) in [6.07, 6.45) is 7.36. The lowest BCUT2D eigenvalue weighted by molar-refractivity contribution is -0.968. The lowest BCUT2D eigenvalue weighted by Gasteiger charge is -2.48. The van der Waals surface area contributed by atoms with Crippen LogP contribution in [0.3, 0.4) is 0 Å². The first-order valence-electron chi connectivity index (χ1n) is 6.53. The van der Waals surface area contributed by atoms with E-state index in [-0.39, 0.29) is 0 Å². The van der Waals surface area contributed by atoms with Crippen molar-refractivity contribution >= 4 is 0 Å². The molecule has 0 aromatic carbocycles. The van der Waals surface area contributed by atoms with Crippen molar-refractivity contribution in [1.82, 2.24) is 0 Å². The van der Waals surface area contributed by atoms with Crippen LogP contribution in [0.2, 0.25) is 0 Å². The molecule has 1 rings (SSSR count). The van der Waals surface area contributed by atoms with E-state index in [1.54, 1.807) is 0 Å². The third-order valence-electron chi connectivity index (χ3n) is 4.51. The van der Waals surface area contributed by atoms with Crippen LogP contribution in [-0.4, -0.2) is 29.7 Å². The summed E-state index contributed by atoms with van der Waals surface area (Å²) in [6.45, 7) is 12.2. The maximum Gasteiger partial charge on any atom is 0.0892 e. The smallest absolute Gasteiger partial charge is 0.0892 e. The average molecular weight is 198 g/mol. The maximum absolute atomic E-state index is 2.40. The zero-order valence-corrected chi connectivity index (χ0v) is 10.6. The molecule has 14 heavy (non-hydrogen) atoms. The van der Waals surface area contributed by atoms with E-state index in [0.29, 0.717) is 0 Å². The van der Waals surface area contributed by atoms with Crippen molar-refractivity contribution in [2.24, 2.45) is 0 Å². The van der Waals surface area contributed by atoms with Gasteiger partial charge < -0.3 is 4.48 Å². The van der Waals surface area contributed by atoms with Gasteiger partial charge in [0.25, 0.3) is 0 Å². The molecule has 0 atom stereocenters. The van der Waals surface area contributed by atoms with Gasteiger partial charge in [0.05, 0.1) is 25.2 Å². The van der Waals surface area contributed by atoms with Gasteiger partial charge in [-0.1, -0.05) is 6.42 Å². The van der Waals surface area contributed by atoms with Gasteiger partial charge in [0.2, 0.25) is 0 Å². The van der Waals surface area contributed by atoms with Crippen molar-refractivity contribution in [2.75, 3.05) is 13.1 Å². The SMILES string of the molecule is CC[N+](CC)(C(C)C)C1CCCCC1. The summed E-state index contributed by atoms with van der Waals surface area (Å²) in [5, 5.41) is 0. The largest absolute Gasteiger partial charge is 0.320 e. The number of hydrogen-bond donors (Lipinski definition) is 0. The summed E-state index contributed by atoms with van der Waals surface area (Å²) in [7, 11) is 0. The van der Waals surface area contributed by atoms with Crippen LogP contribution in [0.5, 0.6) is 0 Å². The molecule has 0 aromatic rings. The fourth-order valence-corrected chi connectivity index (χ4v) is 3.49. The van der Waals surface area contributed by atoms with Crippen LogP contribution in [0.25, 0.3) is 0 Å². The van der Waals surface area contributed by atoms with Gasteiger partial charge in [-0.15, -0.1) is 0 Å². The summed E-state index contributed by atoms with van der Waals surface area (Å²) in [5.41, 5.74) is 0. The highest BCUT2D eigenvalue weighted by atomic mass is 15.4. The second-order valence-electron chi connectivity index (χ2n) is 5.12. The molecule has 0 aromatic heterocycles. The number of rotatable bonds is 4. The van der Waals surface area contributed by atoms with E-state index in [2.05, 4.69) is 27.7 Å². The predicted molar refractivity (Wildman–Crippen MR) is 63.4 cm³/mol. The molecule has 0 spiro atoms. The van der Waals surface area contributed by atoms with Crippen LogP contribution in [0, 0.1) is 0 Å². The van der Waals surface area contributed by atoms with Gasteiger partial charge in [-0.2, -0.15) is 0 Å². The normalized spacial score (nSPS) is 20.4. The van der Waals surface area contributed by atoms with Gasteiger partial charge in [0.15, 0.2) is 0 Å². The Labute approximate surface area is 90.1 Å². The summed E-state index contributed by atoms with van der Waals surface area (Å²) < 4.78 is 1.36. The van der Waals surface area contributed by atoms with E-state index in [9.17, 15) is 0 Å². The highest BCUT2D eigenvalue weighted by Gasteiger charge is 2.37. The van der Waals surface area contributed by atoms with E-state index in [1.165, 1.54) is 49.7 Å². The molecule has 0 radical (unpaired) electrons. The first kappa shape index (κ1) is 12.0. The van der Waals surface area contributed by atoms with Gasteiger partial charge in [-0.3, -0.25) is 0 Å². The summed E-state index contributed by atoms with van der Waals surface area (Å²) in [6, 6.07) is 1.76. The van der Waals surface area contributed by atoms with Crippen LogP contribution in [0.4, 0.5) is 0 Å². The Kier molecular flexibility index (Phi) is 4.43. The molecule has 0 bridgehead atoms. The van der Waals surface area contributed by atoms with Crippen molar-refractivity contribution in [3.05, 3.63) is 0 Å². The minimum Gasteiger partial charge on any atom is -0.320 e. The minimum absolute atomic E-state index is 0.799. The lowest BCUT2D eigenvalue weighted by Crippen LogP contribution is -2.59. The Morgan fingerprint density at radius 1 is 1.00 bits per heavy atom. The molecule has 0 aliphatic heterocycles. The molecule has 0 N–H and O–H groups in total. The van der Waals surface area contributed by atoms with Gasteiger partial charge in [0, 0.05) is 0 Å². The van der Waals surface area contributed by atoms with Gasteiger partial charge in [-0.05, 0) is 53.4 Å². The Morgan fingerprint density at radius 2 is 1.50 bits per heavy atom. The molecular formula is C13H28N+. The first-order chi connectivity index (χ1) is 6.67. The highest BCUT2D eigenvalue weighted by molar-refractivity contribution is 4.68. The monoisotopic (exact) mass is 198 g/mol. The second kappa shape index (κ2) is 5.16. The quantitative estimate of drug-likeness (QED) is 0.606. The molecule has 0 amide bonds. The number of nitrogens with zero attached hydrogens (tertiary/aromatic N) is 1. The molecule has 84 valence electrons. The van der Waals surface area contributed by atoms with Crippen LogP contribution in [0.1, 0.15) is 59.8 Å². The summed E-state index contributed by atoms with van der Waals surface area (Å²) in [5.74, 6) is 0. The Morgan fingerprint density at radius 3 is 1.86 bits per heavy atom. The molecule has 1 aliphatic rings. The molecule has 0 unspecified atom stereocenters. The second-order valence-corrected chi connectivity index (χ2v) is 5.12. The zero-order chi connectivity index (χ0) is 10.6. The fraction of sp³-hybridized carbons (Fsp3) is 1.00. The number of quaternary nitrogens is 1. The molecule has 1 heteroatoms. The standard InChI is InChI=1S/C13H28N/c1-5-14(6-2,12(3)4)13-10-8-7-9-11-13/h12-13H,5-11H2,1-4H3/q+1. The Balaban J connectivity index is 2.73. The fourth-order valence-electron chi connectivity index (χ4n) is 3.49. The van der Waals surface area contributed by atoms with Crippen LogP contribution in [-0.2, 0) is 0 Å². The van der Waals surface area contributed by atoms with E-state index >= 15 is 0 Å². The Bertz CT molecular complexity index is 153.